The van der Waals surface area contributed by atoms with Gasteiger partial charge in [0.15, 0.2) is 0 Å². The molecule has 8 nitrogen and oxygen atoms in total. The first kappa shape index (κ1) is 37.0. The van der Waals surface area contributed by atoms with Gasteiger partial charge in [-0.2, -0.15) is 13.2 Å². The number of piperidine rings is 2. The van der Waals surface area contributed by atoms with Crippen LogP contribution in [0, 0.1) is 25.7 Å². The third-order valence-corrected chi connectivity index (χ3v) is 11.0. The van der Waals surface area contributed by atoms with Crippen LogP contribution in [0.2, 0.25) is 0 Å². The molecule has 11 heteroatoms. The fourth-order valence-electron chi connectivity index (χ4n) is 8.15. The molecule has 3 saturated heterocycles. The normalized spacial score (nSPS) is 22.9. The highest BCUT2D eigenvalue weighted by molar-refractivity contribution is 5.97. The molecule has 0 aromatic heterocycles. The van der Waals surface area contributed by atoms with Gasteiger partial charge in [-0.3, -0.25) is 9.69 Å². The van der Waals surface area contributed by atoms with E-state index in [1.54, 1.807) is 0 Å². The Kier molecular flexibility index (Phi) is 13.0. The number of aliphatic carboxylic acids is 1. The van der Waals surface area contributed by atoms with Gasteiger partial charge in [0.1, 0.15) is 5.60 Å². The van der Waals surface area contributed by atoms with Crippen molar-refractivity contribution in [3.05, 3.63) is 34.9 Å². The maximum absolute atomic E-state index is 13.3. The summed E-state index contributed by atoms with van der Waals surface area (Å²) in [6.45, 7) is 11.7. The number of carbonyl (C=O) groups is 3. The predicted octanol–water partition coefficient (Wildman–Crippen LogP) is 7.60. The van der Waals surface area contributed by atoms with Gasteiger partial charge in [-0.25, -0.2) is 9.59 Å². The van der Waals surface area contributed by atoms with Gasteiger partial charge in [0, 0.05) is 69.6 Å². The zero-order chi connectivity index (χ0) is 34.2. The van der Waals surface area contributed by atoms with Gasteiger partial charge in [-0.15, -0.1) is 0 Å². The third-order valence-electron chi connectivity index (χ3n) is 11.0. The van der Waals surface area contributed by atoms with Crippen molar-refractivity contribution in [3.63, 3.8) is 0 Å². The number of rotatable bonds is 8. The highest BCUT2D eigenvalue weighted by Gasteiger charge is 2.50. The molecule has 1 aromatic carbocycles. The number of carboxylic acid groups (broad SMARTS) is 1. The highest BCUT2D eigenvalue weighted by Crippen LogP contribution is 2.42. The average Bonchev–Trinajstić information content (AvgIpc) is 3.04. The Morgan fingerprint density at radius 2 is 1.55 bits per heavy atom. The lowest BCUT2D eigenvalue weighted by Gasteiger charge is -2.52. The van der Waals surface area contributed by atoms with Crippen LogP contribution in [0.4, 0.5) is 18.0 Å². The number of likely N-dealkylation sites (tertiary alicyclic amines) is 2. The Morgan fingerprint density at radius 1 is 0.957 bits per heavy atom. The van der Waals surface area contributed by atoms with Gasteiger partial charge in [-0.05, 0) is 56.6 Å². The number of nitrogens with zero attached hydrogens (tertiary/aromatic N) is 3. The summed E-state index contributed by atoms with van der Waals surface area (Å²) >= 11 is 0. The first-order chi connectivity index (χ1) is 22.3. The molecule has 4 fully saturated rings. The van der Waals surface area contributed by atoms with Gasteiger partial charge in [0.05, 0.1) is 0 Å². The number of carbonyl (C=O) groups excluding carboxylic acids is 2. The van der Waals surface area contributed by atoms with Crippen LogP contribution in [0.25, 0.3) is 0 Å². The van der Waals surface area contributed by atoms with E-state index in [0.717, 1.165) is 100 Å². The molecular weight excluding hydrogens is 611 g/mol. The molecule has 264 valence electrons. The first-order valence-corrected chi connectivity index (χ1v) is 17.7. The lowest BCUT2D eigenvalue weighted by Crippen LogP contribution is -2.61. The minimum absolute atomic E-state index is 0.0599. The van der Waals surface area contributed by atoms with Gasteiger partial charge in [0.2, 0.25) is 0 Å². The van der Waals surface area contributed by atoms with Crippen LogP contribution in [-0.4, -0.2) is 94.9 Å². The van der Waals surface area contributed by atoms with Gasteiger partial charge in [-0.1, -0.05) is 70.1 Å². The summed E-state index contributed by atoms with van der Waals surface area (Å²) in [5.74, 6) is -1.34. The monoisotopic (exact) mass is 665 g/mol. The Balaban J connectivity index is 0.000000644. The van der Waals surface area contributed by atoms with E-state index < -0.39 is 12.1 Å². The second kappa shape index (κ2) is 16.5. The van der Waals surface area contributed by atoms with Crippen LogP contribution in [-0.2, 0) is 9.53 Å². The van der Waals surface area contributed by atoms with Crippen molar-refractivity contribution in [1.82, 2.24) is 14.7 Å². The summed E-state index contributed by atoms with van der Waals surface area (Å²) in [5.41, 5.74) is 2.73. The molecule has 1 spiro atoms. The van der Waals surface area contributed by atoms with E-state index in [0.29, 0.717) is 12.0 Å². The number of alkyl halides is 3. The van der Waals surface area contributed by atoms with Crippen LogP contribution in [0.1, 0.15) is 112 Å². The number of benzene rings is 1. The molecule has 2 amide bonds. The maximum atomic E-state index is 13.3. The summed E-state index contributed by atoms with van der Waals surface area (Å²) in [7, 11) is 0. The molecule has 3 heterocycles. The topological polar surface area (TPSA) is 90.4 Å². The summed E-state index contributed by atoms with van der Waals surface area (Å²) in [4.78, 5) is 42.2. The average molecular weight is 666 g/mol. The second-order valence-corrected chi connectivity index (χ2v) is 14.1. The molecule has 1 N–H and O–H groups in total. The van der Waals surface area contributed by atoms with Crippen LogP contribution < -0.4 is 0 Å². The fraction of sp³-hybridized carbons (Fsp3) is 0.750. The zero-order valence-electron chi connectivity index (χ0n) is 28.5. The number of carboxylic acids is 1. The number of amides is 2. The third kappa shape index (κ3) is 9.63. The number of hydrogen-bond donors (Lipinski definition) is 1. The molecule has 4 aliphatic rings. The van der Waals surface area contributed by atoms with Crippen LogP contribution in [0.5, 0.6) is 0 Å². The van der Waals surface area contributed by atoms with Crippen LogP contribution in [0.3, 0.4) is 0 Å². The molecule has 47 heavy (non-hydrogen) atoms. The summed E-state index contributed by atoms with van der Waals surface area (Å²) in [6.07, 6.45) is 10.3. The van der Waals surface area contributed by atoms with E-state index in [4.69, 9.17) is 14.6 Å². The molecule has 1 aromatic rings. The summed E-state index contributed by atoms with van der Waals surface area (Å²) in [5, 5.41) is 7.12. The number of hydrogen-bond acceptors (Lipinski definition) is 5. The Labute approximate surface area is 278 Å². The molecule has 0 radical (unpaired) electrons. The Hall–Kier alpha value is -2.82. The molecule has 1 saturated carbocycles. The lowest BCUT2D eigenvalue weighted by molar-refractivity contribution is -0.192. The molecule has 1 aliphatic carbocycles. The Bertz CT molecular complexity index is 1180. The van der Waals surface area contributed by atoms with Crippen molar-refractivity contribution in [3.8, 4) is 0 Å². The molecule has 5 rings (SSSR count). The summed E-state index contributed by atoms with van der Waals surface area (Å²) < 4.78 is 38.2. The van der Waals surface area contributed by atoms with Crippen LogP contribution >= 0.6 is 0 Å². The highest BCUT2D eigenvalue weighted by atomic mass is 19.4. The van der Waals surface area contributed by atoms with E-state index >= 15 is 0 Å². The van der Waals surface area contributed by atoms with Gasteiger partial charge >= 0.3 is 18.2 Å². The SMILES string of the molecule is CCCCC1CN(CCC2CCCCC2)C(=O)OC12CCN(C1CCN(C(=O)c3c(C)cccc3C)CC1)CC2.O=C(O)C(F)(F)F. The number of unbranched alkanes of at least 4 members (excludes halogenated alkanes) is 1. The maximum Gasteiger partial charge on any atom is 0.490 e. The Morgan fingerprint density at radius 3 is 2.11 bits per heavy atom. The van der Waals surface area contributed by atoms with Crippen LogP contribution in [0.15, 0.2) is 18.2 Å². The minimum atomic E-state index is -5.08. The molecule has 3 aliphatic heterocycles. The second-order valence-electron chi connectivity index (χ2n) is 14.1. The summed E-state index contributed by atoms with van der Waals surface area (Å²) in [6, 6.07) is 6.62. The van der Waals surface area contributed by atoms with E-state index in [1.165, 1.54) is 44.9 Å². The van der Waals surface area contributed by atoms with Crippen molar-refractivity contribution >= 4 is 18.0 Å². The minimum Gasteiger partial charge on any atom is -0.475 e. The molecule has 0 bridgehead atoms. The van der Waals surface area contributed by atoms with Crippen molar-refractivity contribution in [2.45, 2.75) is 122 Å². The van der Waals surface area contributed by atoms with E-state index in [2.05, 4.69) is 21.6 Å². The van der Waals surface area contributed by atoms with Crippen molar-refractivity contribution in [2.24, 2.45) is 11.8 Å². The molecular formula is C36H54F3N3O5. The number of aryl methyl sites for hydroxylation is 2. The molecule has 1 unspecified atom stereocenters. The fourth-order valence-corrected chi connectivity index (χ4v) is 8.15. The number of halogens is 3. The van der Waals surface area contributed by atoms with Crippen molar-refractivity contribution < 1.29 is 37.4 Å². The number of ether oxygens (including phenoxy) is 1. The van der Waals surface area contributed by atoms with E-state index in [1.807, 2.05) is 32.0 Å². The smallest absolute Gasteiger partial charge is 0.475 e. The molecule has 1 atom stereocenters. The largest absolute Gasteiger partial charge is 0.490 e. The van der Waals surface area contributed by atoms with Crippen molar-refractivity contribution in [2.75, 3.05) is 39.3 Å². The van der Waals surface area contributed by atoms with E-state index in [-0.39, 0.29) is 17.6 Å². The lowest BCUT2D eigenvalue weighted by atomic mass is 9.75. The predicted molar refractivity (Wildman–Crippen MR) is 174 cm³/mol. The van der Waals surface area contributed by atoms with Crippen molar-refractivity contribution in [1.29, 1.82) is 0 Å². The first-order valence-electron chi connectivity index (χ1n) is 17.7. The zero-order valence-corrected chi connectivity index (χ0v) is 28.5. The standard InChI is InChI=1S/C34H53N3O3.C2HF3O2/c1-4-5-14-29-25-37(20-15-28-12-7-6-8-13-28)33(39)40-34(29)18-23-35(24-19-34)30-16-21-36(22-17-30)32(38)31-26(2)10-9-11-27(31)3;3-2(4,5)1(6)7/h9-11,28-30H,4-8,12-25H2,1-3H3;(H,6,7). The van der Waals surface area contributed by atoms with Gasteiger partial charge in [0.25, 0.3) is 5.91 Å². The quantitative estimate of drug-likeness (QED) is 0.308. The van der Waals surface area contributed by atoms with Gasteiger partial charge < -0.3 is 19.6 Å². The van der Waals surface area contributed by atoms with E-state index in [9.17, 15) is 22.8 Å².